The smallest absolute Gasteiger partial charge is 0.0495 e. The molecule has 0 aliphatic heterocycles. The first-order chi connectivity index (χ1) is 7.04. The highest BCUT2D eigenvalue weighted by atomic mass is 35.5. The first-order valence-corrected chi connectivity index (χ1v) is 6.01. The fourth-order valence-electron chi connectivity index (χ4n) is 1.68. The number of nitrogens with zero attached hydrogens (tertiary/aromatic N) is 1. The Bertz CT molecular complexity index is 323. The number of benzene rings is 1. The van der Waals surface area contributed by atoms with E-state index in [1.165, 1.54) is 5.69 Å². The lowest BCUT2D eigenvalue weighted by Crippen LogP contribution is -2.23. The Balaban J connectivity index is 2.92. The van der Waals surface area contributed by atoms with Crippen LogP contribution in [0.2, 0.25) is 5.02 Å². The zero-order valence-electron chi connectivity index (χ0n) is 9.43. The van der Waals surface area contributed by atoms with Crippen LogP contribution in [0.3, 0.4) is 0 Å². The minimum Gasteiger partial charge on any atom is -0.374 e. The van der Waals surface area contributed by atoms with E-state index < -0.39 is 0 Å². The first kappa shape index (κ1) is 12.7. The van der Waals surface area contributed by atoms with Gasteiger partial charge < -0.3 is 4.90 Å². The van der Waals surface area contributed by atoms with E-state index in [0.29, 0.717) is 11.8 Å². The SMILES string of the molecule is CC(C)CN(C)c1ccc(Cl)cc1CCl. The predicted molar refractivity (Wildman–Crippen MR) is 69.1 cm³/mol. The van der Waals surface area contributed by atoms with Crippen molar-refractivity contribution in [1.82, 2.24) is 0 Å². The zero-order chi connectivity index (χ0) is 11.4. The molecule has 84 valence electrons. The van der Waals surface area contributed by atoms with Gasteiger partial charge in [0.1, 0.15) is 0 Å². The maximum absolute atomic E-state index is 5.93. The molecular weight excluding hydrogens is 229 g/mol. The summed E-state index contributed by atoms with van der Waals surface area (Å²) in [5, 5.41) is 0.743. The summed E-state index contributed by atoms with van der Waals surface area (Å²) in [6.07, 6.45) is 0. The number of hydrogen-bond donors (Lipinski definition) is 0. The summed E-state index contributed by atoms with van der Waals surface area (Å²) in [6, 6.07) is 5.87. The minimum atomic E-state index is 0.498. The largest absolute Gasteiger partial charge is 0.374 e. The zero-order valence-corrected chi connectivity index (χ0v) is 10.9. The van der Waals surface area contributed by atoms with Crippen molar-refractivity contribution in [1.29, 1.82) is 0 Å². The third-order valence-electron chi connectivity index (χ3n) is 2.24. The number of hydrogen-bond acceptors (Lipinski definition) is 1. The van der Waals surface area contributed by atoms with Gasteiger partial charge in [-0.15, -0.1) is 11.6 Å². The van der Waals surface area contributed by atoms with Crippen molar-refractivity contribution in [3.05, 3.63) is 28.8 Å². The van der Waals surface area contributed by atoms with Crippen molar-refractivity contribution in [2.75, 3.05) is 18.5 Å². The van der Waals surface area contributed by atoms with E-state index in [1.54, 1.807) is 0 Å². The molecule has 0 saturated carbocycles. The normalized spacial score (nSPS) is 10.8. The van der Waals surface area contributed by atoms with Crippen LogP contribution < -0.4 is 4.90 Å². The highest BCUT2D eigenvalue weighted by Crippen LogP contribution is 2.25. The van der Waals surface area contributed by atoms with E-state index in [0.717, 1.165) is 17.1 Å². The molecule has 0 fully saturated rings. The van der Waals surface area contributed by atoms with Crippen LogP contribution in [-0.2, 0) is 5.88 Å². The highest BCUT2D eigenvalue weighted by Gasteiger charge is 2.08. The fraction of sp³-hybridized carbons (Fsp3) is 0.500. The third-order valence-corrected chi connectivity index (χ3v) is 2.76. The molecule has 0 heterocycles. The Morgan fingerprint density at radius 1 is 1.33 bits per heavy atom. The van der Waals surface area contributed by atoms with E-state index in [2.05, 4.69) is 25.8 Å². The lowest BCUT2D eigenvalue weighted by atomic mass is 10.1. The summed E-state index contributed by atoms with van der Waals surface area (Å²) in [5.41, 5.74) is 2.26. The van der Waals surface area contributed by atoms with Gasteiger partial charge in [-0.05, 0) is 29.7 Å². The number of halogens is 2. The maximum atomic E-state index is 5.93. The van der Waals surface area contributed by atoms with E-state index in [9.17, 15) is 0 Å². The summed E-state index contributed by atoms with van der Waals surface area (Å²) in [4.78, 5) is 2.22. The van der Waals surface area contributed by atoms with Gasteiger partial charge in [0.15, 0.2) is 0 Å². The molecule has 1 nitrogen and oxygen atoms in total. The Labute approximate surface area is 102 Å². The summed E-state index contributed by atoms with van der Waals surface area (Å²) >= 11 is 11.8. The van der Waals surface area contributed by atoms with Crippen LogP contribution in [0.5, 0.6) is 0 Å². The van der Waals surface area contributed by atoms with Gasteiger partial charge >= 0.3 is 0 Å². The second kappa shape index (κ2) is 5.62. The quantitative estimate of drug-likeness (QED) is 0.720. The average molecular weight is 246 g/mol. The molecule has 0 aromatic heterocycles. The molecule has 0 unspecified atom stereocenters. The van der Waals surface area contributed by atoms with Gasteiger partial charge in [0.05, 0.1) is 0 Å². The molecule has 15 heavy (non-hydrogen) atoms. The van der Waals surface area contributed by atoms with Gasteiger partial charge in [-0.1, -0.05) is 25.4 Å². The van der Waals surface area contributed by atoms with Crippen LogP contribution in [0.15, 0.2) is 18.2 Å². The second-order valence-corrected chi connectivity index (χ2v) is 4.88. The molecule has 1 aromatic carbocycles. The maximum Gasteiger partial charge on any atom is 0.0495 e. The monoisotopic (exact) mass is 245 g/mol. The molecule has 0 aliphatic carbocycles. The average Bonchev–Trinajstić information content (AvgIpc) is 2.16. The molecule has 3 heteroatoms. The molecule has 0 atom stereocenters. The van der Waals surface area contributed by atoms with Gasteiger partial charge in [-0.3, -0.25) is 0 Å². The van der Waals surface area contributed by atoms with Crippen molar-refractivity contribution < 1.29 is 0 Å². The Morgan fingerprint density at radius 3 is 2.53 bits per heavy atom. The Hall–Kier alpha value is -0.400. The number of alkyl halides is 1. The molecule has 0 bridgehead atoms. The second-order valence-electron chi connectivity index (χ2n) is 4.18. The van der Waals surface area contributed by atoms with Crippen LogP contribution in [0.1, 0.15) is 19.4 Å². The third kappa shape index (κ3) is 3.58. The van der Waals surface area contributed by atoms with Crippen molar-refractivity contribution in [3.8, 4) is 0 Å². The molecule has 0 spiro atoms. The van der Waals surface area contributed by atoms with Gasteiger partial charge in [-0.25, -0.2) is 0 Å². The van der Waals surface area contributed by atoms with Crippen molar-refractivity contribution in [2.45, 2.75) is 19.7 Å². The molecule has 0 N–H and O–H groups in total. The topological polar surface area (TPSA) is 3.24 Å². The van der Waals surface area contributed by atoms with Gasteiger partial charge in [0.2, 0.25) is 0 Å². The fourth-order valence-corrected chi connectivity index (χ4v) is 2.09. The Morgan fingerprint density at radius 2 is 2.00 bits per heavy atom. The molecule has 0 amide bonds. The molecule has 1 aromatic rings. The number of anilines is 1. The van der Waals surface area contributed by atoms with E-state index in [1.807, 2.05) is 18.2 Å². The van der Waals surface area contributed by atoms with Crippen LogP contribution in [0.4, 0.5) is 5.69 Å². The van der Waals surface area contributed by atoms with Crippen LogP contribution in [0.25, 0.3) is 0 Å². The van der Waals surface area contributed by atoms with Gasteiger partial charge in [0.25, 0.3) is 0 Å². The summed E-state index contributed by atoms with van der Waals surface area (Å²) in [5.74, 6) is 1.13. The predicted octanol–water partition coefficient (Wildman–Crippen LogP) is 4.17. The Kier molecular flexibility index (Phi) is 4.75. The molecule has 1 rings (SSSR count). The van der Waals surface area contributed by atoms with Crippen LogP contribution in [-0.4, -0.2) is 13.6 Å². The van der Waals surface area contributed by atoms with Gasteiger partial charge in [-0.2, -0.15) is 0 Å². The lowest BCUT2D eigenvalue weighted by molar-refractivity contribution is 0.637. The first-order valence-electron chi connectivity index (χ1n) is 5.10. The molecule has 0 saturated heterocycles. The van der Waals surface area contributed by atoms with Crippen molar-refractivity contribution >= 4 is 28.9 Å². The van der Waals surface area contributed by atoms with E-state index in [4.69, 9.17) is 23.2 Å². The lowest BCUT2D eigenvalue weighted by Gasteiger charge is -2.23. The number of rotatable bonds is 4. The summed E-state index contributed by atoms with van der Waals surface area (Å²) in [7, 11) is 2.08. The van der Waals surface area contributed by atoms with Gasteiger partial charge in [0, 0.05) is 30.2 Å². The highest BCUT2D eigenvalue weighted by molar-refractivity contribution is 6.30. The van der Waals surface area contributed by atoms with Crippen molar-refractivity contribution in [3.63, 3.8) is 0 Å². The standard InChI is InChI=1S/C12H17Cl2N/c1-9(2)8-15(3)12-5-4-11(14)6-10(12)7-13/h4-6,9H,7-8H2,1-3H3. The minimum absolute atomic E-state index is 0.498. The summed E-state index contributed by atoms with van der Waals surface area (Å²) in [6.45, 7) is 5.42. The van der Waals surface area contributed by atoms with Crippen molar-refractivity contribution in [2.24, 2.45) is 5.92 Å². The van der Waals surface area contributed by atoms with E-state index >= 15 is 0 Å². The van der Waals surface area contributed by atoms with Crippen LogP contribution in [0, 0.1) is 5.92 Å². The van der Waals surface area contributed by atoms with E-state index in [-0.39, 0.29) is 0 Å². The summed E-state index contributed by atoms with van der Waals surface area (Å²) < 4.78 is 0. The molecule has 0 radical (unpaired) electrons. The molecule has 0 aliphatic rings. The van der Waals surface area contributed by atoms with Crippen LogP contribution >= 0.6 is 23.2 Å². The molecular formula is C12H17Cl2N.